The van der Waals surface area contributed by atoms with E-state index in [1.807, 2.05) is 55.5 Å². The standard InChI is InChI=1S/C15H15BrN2O/c1-2-17-13-8-6-11(7-9-13)15(19)18-14-5-3-4-12(16)10-14/h3-10,17H,2H2,1H3,(H,18,19). The van der Waals surface area contributed by atoms with Gasteiger partial charge in [0.15, 0.2) is 0 Å². The van der Waals surface area contributed by atoms with Crippen molar-refractivity contribution >= 4 is 33.2 Å². The Labute approximate surface area is 121 Å². The van der Waals surface area contributed by atoms with Crippen LogP contribution in [0.3, 0.4) is 0 Å². The third-order valence-corrected chi connectivity index (χ3v) is 3.10. The van der Waals surface area contributed by atoms with Crippen LogP contribution < -0.4 is 10.6 Å². The fraction of sp³-hybridized carbons (Fsp3) is 0.133. The average molecular weight is 319 g/mol. The maximum Gasteiger partial charge on any atom is 0.255 e. The van der Waals surface area contributed by atoms with Crippen LogP contribution in [0.4, 0.5) is 11.4 Å². The van der Waals surface area contributed by atoms with Crippen molar-refractivity contribution in [3.05, 3.63) is 58.6 Å². The number of benzene rings is 2. The van der Waals surface area contributed by atoms with Crippen LogP contribution in [0.15, 0.2) is 53.0 Å². The normalized spacial score (nSPS) is 10.0. The lowest BCUT2D eigenvalue weighted by Gasteiger charge is -2.07. The second-order valence-electron chi connectivity index (χ2n) is 4.07. The molecule has 1 amide bonds. The fourth-order valence-electron chi connectivity index (χ4n) is 1.71. The number of hydrogen-bond donors (Lipinski definition) is 2. The van der Waals surface area contributed by atoms with Crippen molar-refractivity contribution in [1.29, 1.82) is 0 Å². The molecule has 0 fully saturated rings. The summed E-state index contributed by atoms with van der Waals surface area (Å²) in [7, 11) is 0. The van der Waals surface area contributed by atoms with Crippen LogP contribution in [0.1, 0.15) is 17.3 Å². The Balaban J connectivity index is 2.07. The third-order valence-electron chi connectivity index (χ3n) is 2.61. The molecule has 0 saturated carbocycles. The number of halogens is 1. The zero-order valence-electron chi connectivity index (χ0n) is 10.6. The number of amides is 1. The summed E-state index contributed by atoms with van der Waals surface area (Å²) in [4.78, 5) is 12.0. The summed E-state index contributed by atoms with van der Waals surface area (Å²) < 4.78 is 0.938. The van der Waals surface area contributed by atoms with E-state index in [1.54, 1.807) is 0 Å². The Morgan fingerprint density at radius 3 is 2.47 bits per heavy atom. The molecule has 0 spiro atoms. The van der Waals surface area contributed by atoms with Crippen LogP contribution in [0, 0.1) is 0 Å². The number of carbonyl (C=O) groups excluding carboxylic acids is 1. The van der Waals surface area contributed by atoms with E-state index >= 15 is 0 Å². The molecule has 2 N–H and O–H groups in total. The van der Waals surface area contributed by atoms with Crippen molar-refractivity contribution in [2.75, 3.05) is 17.2 Å². The molecule has 0 aliphatic rings. The van der Waals surface area contributed by atoms with Crippen LogP contribution in [0.25, 0.3) is 0 Å². The van der Waals surface area contributed by atoms with Crippen LogP contribution in [-0.4, -0.2) is 12.5 Å². The van der Waals surface area contributed by atoms with Gasteiger partial charge in [-0.2, -0.15) is 0 Å². The number of nitrogens with one attached hydrogen (secondary N) is 2. The Hall–Kier alpha value is -1.81. The molecule has 0 bridgehead atoms. The Morgan fingerprint density at radius 2 is 1.84 bits per heavy atom. The van der Waals surface area contributed by atoms with Gasteiger partial charge in [-0.3, -0.25) is 4.79 Å². The van der Waals surface area contributed by atoms with Gasteiger partial charge in [0.2, 0.25) is 0 Å². The molecule has 3 nitrogen and oxygen atoms in total. The van der Waals surface area contributed by atoms with Gasteiger partial charge in [0.1, 0.15) is 0 Å². The molecule has 2 rings (SSSR count). The average Bonchev–Trinajstić information content (AvgIpc) is 2.40. The van der Waals surface area contributed by atoms with E-state index in [0.717, 1.165) is 22.4 Å². The lowest BCUT2D eigenvalue weighted by molar-refractivity contribution is 0.102. The summed E-state index contributed by atoms with van der Waals surface area (Å²) in [5.41, 5.74) is 2.43. The van der Waals surface area contributed by atoms with E-state index in [0.29, 0.717) is 5.56 Å². The van der Waals surface area contributed by atoms with Crippen LogP contribution >= 0.6 is 15.9 Å². The number of anilines is 2. The summed E-state index contributed by atoms with van der Waals surface area (Å²) in [5.74, 6) is -0.110. The zero-order chi connectivity index (χ0) is 13.7. The highest BCUT2D eigenvalue weighted by molar-refractivity contribution is 9.10. The van der Waals surface area contributed by atoms with E-state index in [1.165, 1.54) is 0 Å². The zero-order valence-corrected chi connectivity index (χ0v) is 12.2. The predicted molar refractivity (Wildman–Crippen MR) is 82.7 cm³/mol. The lowest BCUT2D eigenvalue weighted by Crippen LogP contribution is -2.11. The third kappa shape index (κ3) is 3.83. The Morgan fingerprint density at radius 1 is 1.11 bits per heavy atom. The van der Waals surface area contributed by atoms with E-state index < -0.39 is 0 Å². The molecule has 0 radical (unpaired) electrons. The minimum atomic E-state index is -0.110. The van der Waals surface area contributed by atoms with Gasteiger partial charge in [0.05, 0.1) is 0 Å². The first-order valence-corrected chi connectivity index (χ1v) is 6.89. The number of hydrogen-bond acceptors (Lipinski definition) is 2. The largest absolute Gasteiger partial charge is 0.385 e. The highest BCUT2D eigenvalue weighted by Gasteiger charge is 2.05. The van der Waals surface area contributed by atoms with Crippen LogP contribution in [0.2, 0.25) is 0 Å². The Bertz CT molecular complexity index is 567. The van der Waals surface area contributed by atoms with Gasteiger partial charge in [-0.15, -0.1) is 0 Å². The van der Waals surface area contributed by atoms with E-state index in [9.17, 15) is 4.79 Å². The molecule has 0 aliphatic carbocycles. The molecular weight excluding hydrogens is 304 g/mol. The van der Waals surface area contributed by atoms with Crippen LogP contribution in [-0.2, 0) is 0 Å². The molecule has 98 valence electrons. The van der Waals surface area contributed by atoms with E-state index in [2.05, 4.69) is 26.6 Å². The minimum absolute atomic E-state index is 0.110. The number of carbonyl (C=O) groups is 1. The monoisotopic (exact) mass is 318 g/mol. The topological polar surface area (TPSA) is 41.1 Å². The van der Waals surface area contributed by atoms with E-state index in [4.69, 9.17) is 0 Å². The summed E-state index contributed by atoms with van der Waals surface area (Å²) in [6.45, 7) is 2.90. The molecule has 0 unspecified atom stereocenters. The lowest BCUT2D eigenvalue weighted by atomic mass is 10.2. The molecule has 0 aliphatic heterocycles. The molecule has 2 aromatic rings. The minimum Gasteiger partial charge on any atom is -0.385 e. The first-order valence-electron chi connectivity index (χ1n) is 6.10. The molecule has 4 heteroatoms. The first-order chi connectivity index (χ1) is 9.19. The first kappa shape index (κ1) is 13.6. The van der Waals surface area contributed by atoms with Crippen molar-refractivity contribution in [2.45, 2.75) is 6.92 Å². The van der Waals surface area contributed by atoms with Crippen molar-refractivity contribution in [3.63, 3.8) is 0 Å². The van der Waals surface area contributed by atoms with Crippen LogP contribution in [0.5, 0.6) is 0 Å². The van der Waals surface area contributed by atoms with Gasteiger partial charge in [-0.05, 0) is 49.4 Å². The predicted octanol–water partition coefficient (Wildman–Crippen LogP) is 4.13. The van der Waals surface area contributed by atoms with Gasteiger partial charge >= 0.3 is 0 Å². The summed E-state index contributed by atoms with van der Waals surface area (Å²) >= 11 is 3.38. The quantitative estimate of drug-likeness (QED) is 0.889. The fourth-order valence-corrected chi connectivity index (χ4v) is 2.11. The molecular formula is C15H15BrN2O. The molecule has 0 saturated heterocycles. The summed E-state index contributed by atoms with van der Waals surface area (Å²) in [6, 6.07) is 14.9. The van der Waals surface area contributed by atoms with Crippen molar-refractivity contribution < 1.29 is 4.79 Å². The molecule has 0 atom stereocenters. The van der Waals surface area contributed by atoms with Gasteiger partial charge < -0.3 is 10.6 Å². The Kier molecular flexibility index (Phi) is 4.58. The number of rotatable bonds is 4. The van der Waals surface area contributed by atoms with Crippen molar-refractivity contribution in [2.24, 2.45) is 0 Å². The molecule has 0 heterocycles. The van der Waals surface area contributed by atoms with Crippen molar-refractivity contribution in [3.8, 4) is 0 Å². The second kappa shape index (κ2) is 6.38. The highest BCUT2D eigenvalue weighted by atomic mass is 79.9. The highest BCUT2D eigenvalue weighted by Crippen LogP contribution is 2.17. The molecule has 0 aromatic heterocycles. The van der Waals surface area contributed by atoms with Crippen molar-refractivity contribution in [1.82, 2.24) is 0 Å². The van der Waals surface area contributed by atoms with Gasteiger partial charge in [0, 0.05) is 28.0 Å². The summed E-state index contributed by atoms with van der Waals surface area (Å²) in [6.07, 6.45) is 0. The maximum atomic E-state index is 12.0. The van der Waals surface area contributed by atoms with E-state index in [-0.39, 0.29) is 5.91 Å². The maximum absolute atomic E-state index is 12.0. The van der Waals surface area contributed by atoms with Gasteiger partial charge in [0.25, 0.3) is 5.91 Å². The summed E-state index contributed by atoms with van der Waals surface area (Å²) in [5, 5.41) is 6.05. The SMILES string of the molecule is CCNc1ccc(C(=O)Nc2cccc(Br)c2)cc1. The molecule has 2 aromatic carbocycles. The van der Waals surface area contributed by atoms with Gasteiger partial charge in [-0.25, -0.2) is 0 Å². The van der Waals surface area contributed by atoms with Gasteiger partial charge in [-0.1, -0.05) is 22.0 Å². The molecule has 19 heavy (non-hydrogen) atoms. The second-order valence-corrected chi connectivity index (χ2v) is 4.99. The smallest absolute Gasteiger partial charge is 0.255 e.